The molecule has 3 rings (SSSR count). The summed E-state index contributed by atoms with van der Waals surface area (Å²) in [5.41, 5.74) is 2.42. The number of fused-ring (bicyclic) bond motifs is 1. The van der Waals surface area contributed by atoms with Crippen molar-refractivity contribution in [3.8, 4) is 5.69 Å². The summed E-state index contributed by atoms with van der Waals surface area (Å²) in [6, 6.07) is 6.31. The molecule has 6 heteroatoms. The molecule has 0 unspecified atom stereocenters. The molecule has 0 spiro atoms. The van der Waals surface area contributed by atoms with Crippen LogP contribution in [0.2, 0.25) is 0 Å². The SMILES string of the molecule is CC(C)c1cnc2nn(-c3cc(NC=O)ccc3F)cc2c1. The maximum absolute atomic E-state index is 14.0. The number of aromatic nitrogens is 3. The molecule has 0 saturated heterocycles. The van der Waals surface area contributed by atoms with Crippen molar-refractivity contribution < 1.29 is 9.18 Å². The van der Waals surface area contributed by atoms with Crippen LogP contribution in [0.5, 0.6) is 0 Å². The van der Waals surface area contributed by atoms with E-state index in [-0.39, 0.29) is 5.69 Å². The van der Waals surface area contributed by atoms with Crippen LogP contribution in [-0.2, 0) is 4.79 Å². The minimum Gasteiger partial charge on any atom is -0.329 e. The van der Waals surface area contributed by atoms with Crippen LogP contribution >= 0.6 is 0 Å². The van der Waals surface area contributed by atoms with Gasteiger partial charge in [-0.1, -0.05) is 13.8 Å². The number of amides is 1. The Labute approximate surface area is 126 Å². The van der Waals surface area contributed by atoms with Crippen LogP contribution in [0.3, 0.4) is 0 Å². The number of halogens is 1. The van der Waals surface area contributed by atoms with Crippen molar-refractivity contribution in [2.75, 3.05) is 5.32 Å². The Balaban J connectivity index is 2.10. The number of carbonyl (C=O) groups excluding carboxylic acids is 1. The molecule has 3 aromatic rings. The van der Waals surface area contributed by atoms with Crippen LogP contribution in [0.1, 0.15) is 25.3 Å². The van der Waals surface area contributed by atoms with Gasteiger partial charge >= 0.3 is 0 Å². The van der Waals surface area contributed by atoms with Crippen molar-refractivity contribution in [1.29, 1.82) is 0 Å². The van der Waals surface area contributed by atoms with Gasteiger partial charge in [-0.3, -0.25) is 4.79 Å². The predicted molar refractivity (Wildman–Crippen MR) is 82.6 cm³/mol. The Hall–Kier alpha value is -2.76. The van der Waals surface area contributed by atoms with Crippen molar-refractivity contribution in [3.63, 3.8) is 0 Å². The summed E-state index contributed by atoms with van der Waals surface area (Å²) < 4.78 is 15.5. The third-order valence-corrected chi connectivity index (χ3v) is 3.47. The van der Waals surface area contributed by atoms with Crippen molar-refractivity contribution in [3.05, 3.63) is 48.0 Å². The van der Waals surface area contributed by atoms with Gasteiger partial charge in [-0.2, -0.15) is 0 Å². The van der Waals surface area contributed by atoms with Crippen molar-refractivity contribution in [1.82, 2.24) is 14.8 Å². The number of hydrogen-bond donors (Lipinski definition) is 1. The minimum atomic E-state index is -0.423. The van der Waals surface area contributed by atoms with Crippen LogP contribution < -0.4 is 5.32 Å². The third-order valence-electron chi connectivity index (χ3n) is 3.47. The Morgan fingerprint density at radius 1 is 1.32 bits per heavy atom. The highest BCUT2D eigenvalue weighted by Gasteiger charge is 2.11. The van der Waals surface area contributed by atoms with Gasteiger partial charge in [0.1, 0.15) is 11.5 Å². The van der Waals surface area contributed by atoms with E-state index < -0.39 is 5.82 Å². The molecule has 0 aliphatic heterocycles. The highest BCUT2D eigenvalue weighted by atomic mass is 19.1. The minimum absolute atomic E-state index is 0.260. The summed E-state index contributed by atoms with van der Waals surface area (Å²) in [4.78, 5) is 14.8. The van der Waals surface area contributed by atoms with Crippen molar-refractivity contribution in [2.24, 2.45) is 0 Å². The summed E-state index contributed by atoms with van der Waals surface area (Å²) in [7, 11) is 0. The van der Waals surface area contributed by atoms with Gasteiger partial charge in [0.25, 0.3) is 0 Å². The smallest absolute Gasteiger partial charge is 0.211 e. The Morgan fingerprint density at radius 3 is 2.86 bits per heavy atom. The second kappa shape index (κ2) is 5.55. The molecule has 0 atom stereocenters. The number of hydrogen-bond acceptors (Lipinski definition) is 3. The monoisotopic (exact) mass is 298 g/mol. The zero-order valence-electron chi connectivity index (χ0n) is 12.2. The highest BCUT2D eigenvalue weighted by Crippen LogP contribution is 2.22. The average molecular weight is 298 g/mol. The number of anilines is 1. The fraction of sp³-hybridized carbons (Fsp3) is 0.188. The van der Waals surface area contributed by atoms with Gasteiger partial charge in [-0.15, -0.1) is 5.10 Å². The first-order valence-corrected chi connectivity index (χ1v) is 6.94. The van der Waals surface area contributed by atoms with E-state index in [1.165, 1.54) is 22.9 Å². The first-order valence-electron chi connectivity index (χ1n) is 6.94. The quantitative estimate of drug-likeness (QED) is 0.752. The maximum Gasteiger partial charge on any atom is 0.211 e. The molecule has 0 fully saturated rings. The van der Waals surface area contributed by atoms with Crippen LogP contribution in [0.25, 0.3) is 16.7 Å². The second-order valence-electron chi connectivity index (χ2n) is 5.34. The van der Waals surface area contributed by atoms with E-state index in [4.69, 9.17) is 0 Å². The molecule has 5 nitrogen and oxygen atoms in total. The molecule has 0 bridgehead atoms. The molecule has 1 aromatic carbocycles. The molecule has 112 valence electrons. The lowest BCUT2D eigenvalue weighted by molar-refractivity contribution is -0.105. The van der Waals surface area contributed by atoms with Crippen LogP contribution in [0, 0.1) is 5.82 Å². The second-order valence-corrected chi connectivity index (χ2v) is 5.34. The van der Waals surface area contributed by atoms with Gasteiger partial charge < -0.3 is 5.32 Å². The number of carbonyl (C=O) groups is 1. The van der Waals surface area contributed by atoms with Gasteiger partial charge in [0.15, 0.2) is 5.65 Å². The Morgan fingerprint density at radius 2 is 2.14 bits per heavy atom. The zero-order valence-corrected chi connectivity index (χ0v) is 12.2. The normalized spacial score (nSPS) is 11.1. The van der Waals surface area contributed by atoms with Gasteiger partial charge in [0.2, 0.25) is 6.41 Å². The van der Waals surface area contributed by atoms with Gasteiger partial charge in [0, 0.05) is 23.5 Å². The molecule has 0 aliphatic carbocycles. The van der Waals surface area contributed by atoms with Crippen LogP contribution in [-0.4, -0.2) is 21.2 Å². The first kappa shape index (κ1) is 14.2. The van der Waals surface area contributed by atoms with Gasteiger partial charge in [-0.05, 0) is 35.7 Å². The number of nitrogens with zero attached hydrogens (tertiary/aromatic N) is 3. The first-order chi connectivity index (χ1) is 10.6. The summed E-state index contributed by atoms with van der Waals surface area (Å²) in [5, 5.41) is 7.64. The maximum atomic E-state index is 14.0. The number of benzene rings is 1. The molecule has 1 N–H and O–H groups in total. The topological polar surface area (TPSA) is 59.8 Å². The zero-order chi connectivity index (χ0) is 15.7. The molecule has 0 saturated carbocycles. The Kier molecular flexibility index (Phi) is 3.58. The fourth-order valence-electron chi connectivity index (χ4n) is 2.22. The molecule has 1 amide bonds. The van der Waals surface area contributed by atoms with E-state index in [1.54, 1.807) is 12.4 Å². The highest BCUT2D eigenvalue weighted by molar-refractivity contribution is 5.76. The molecule has 0 aliphatic rings. The standard InChI is InChI=1S/C16H15FN4O/c1-10(2)11-5-12-8-21(20-16(12)18-7-11)15-6-13(19-9-22)3-4-14(15)17/h3-10H,1-2H3,(H,19,22). The van der Waals surface area contributed by atoms with E-state index in [2.05, 4.69) is 29.2 Å². The summed E-state index contributed by atoms with van der Waals surface area (Å²) >= 11 is 0. The van der Waals surface area contributed by atoms with E-state index in [0.29, 0.717) is 23.7 Å². The summed E-state index contributed by atoms with van der Waals surface area (Å²) in [6.07, 6.45) is 4.06. The van der Waals surface area contributed by atoms with E-state index in [9.17, 15) is 9.18 Å². The molecule has 2 aromatic heterocycles. The largest absolute Gasteiger partial charge is 0.329 e. The molecule has 0 radical (unpaired) electrons. The third kappa shape index (κ3) is 2.55. The molecular formula is C16H15FN4O. The average Bonchev–Trinajstić information content (AvgIpc) is 2.92. The van der Waals surface area contributed by atoms with Crippen LogP contribution in [0.4, 0.5) is 10.1 Å². The van der Waals surface area contributed by atoms with E-state index in [1.807, 2.05) is 6.07 Å². The molecule has 22 heavy (non-hydrogen) atoms. The van der Waals surface area contributed by atoms with E-state index >= 15 is 0 Å². The van der Waals surface area contributed by atoms with Gasteiger partial charge in [-0.25, -0.2) is 14.1 Å². The molecular weight excluding hydrogens is 283 g/mol. The number of pyridine rings is 1. The lowest BCUT2D eigenvalue weighted by Gasteiger charge is -2.05. The van der Waals surface area contributed by atoms with Crippen molar-refractivity contribution in [2.45, 2.75) is 19.8 Å². The van der Waals surface area contributed by atoms with Gasteiger partial charge in [0.05, 0.1) is 0 Å². The Bertz CT molecular complexity index is 841. The summed E-state index contributed by atoms with van der Waals surface area (Å²) in [5.74, 6) is -0.0644. The lowest BCUT2D eigenvalue weighted by Crippen LogP contribution is -2.01. The predicted octanol–water partition coefficient (Wildman–Crippen LogP) is 3.25. The van der Waals surface area contributed by atoms with Crippen molar-refractivity contribution >= 4 is 23.1 Å². The lowest BCUT2D eigenvalue weighted by atomic mass is 10.1. The summed E-state index contributed by atoms with van der Waals surface area (Å²) in [6.45, 7) is 4.17. The number of nitrogens with one attached hydrogen (secondary N) is 1. The number of rotatable bonds is 4. The van der Waals surface area contributed by atoms with Crippen LogP contribution in [0.15, 0.2) is 36.7 Å². The molecule has 2 heterocycles. The van der Waals surface area contributed by atoms with E-state index in [0.717, 1.165) is 10.9 Å². The fourth-order valence-corrected chi connectivity index (χ4v) is 2.22.